The molecule has 0 aliphatic carbocycles. The van der Waals surface area contributed by atoms with E-state index in [1.54, 1.807) is 19.1 Å². The Kier molecular flexibility index (Phi) is 7.40. The maximum absolute atomic E-state index is 12.6. The first-order chi connectivity index (χ1) is 13.4. The van der Waals surface area contributed by atoms with E-state index in [2.05, 4.69) is 10.1 Å². The third-order valence-electron chi connectivity index (χ3n) is 3.88. The van der Waals surface area contributed by atoms with E-state index in [1.165, 1.54) is 25.3 Å². The molecule has 2 rings (SSSR count). The van der Waals surface area contributed by atoms with Crippen LogP contribution in [0.15, 0.2) is 30.3 Å². The quantitative estimate of drug-likeness (QED) is 0.496. The van der Waals surface area contributed by atoms with Crippen molar-refractivity contribution in [3.63, 3.8) is 0 Å². The van der Waals surface area contributed by atoms with Gasteiger partial charge in [0.25, 0.3) is 0 Å². The Morgan fingerprint density at radius 1 is 1.07 bits per heavy atom. The van der Waals surface area contributed by atoms with Crippen LogP contribution in [0.5, 0.6) is 0 Å². The van der Waals surface area contributed by atoms with Crippen molar-refractivity contribution >= 4 is 68.1 Å². The van der Waals surface area contributed by atoms with Gasteiger partial charge in [0.1, 0.15) is 6.54 Å². The summed E-state index contributed by atoms with van der Waals surface area (Å²) in [5.41, 5.74) is 1.26. The molecular formula is C18H17Cl3N2O5S. The monoisotopic (exact) mass is 478 g/mol. The van der Waals surface area contributed by atoms with E-state index in [9.17, 15) is 18.0 Å². The number of rotatable bonds is 6. The van der Waals surface area contributed by atoms with Gasteiger partial charge in [-0.1, -0.05) is 40.9 Å². The number of nitrogens with one attached hydrogen (secondary N) is 1. The highest BCUT2D eigenvalue weighted by molar-refractivity contribution is 7.92. The molecule has 0 saturated heterocycles. The topological polar surface area (TPSA) is 92.8 Å². The van der Waals surface area contributed by atoms with Crippen molar-refractivity contribution in [1.82, 2.24) is 0 Å². The summed E-state index contributed by atoms with van der Waals surface area (Å²) in [6.07, 6.45) is 0.933. The van der Waals surface area contributed by atoms with Gasteiger partial charge in [-0.3, -0.25) is 9.10 Å². The second kappa shape index (κ2) is 9.21. The molecule has 0 heterocycles. The van der Waals surface area contributed by atoms with E-state index in [-0.39, 0.29) is 26.3 Å². The normalized spacial score (nSPS) is 11.1. The number of sulfonamides is 1. The fraction of sp³-hybridized carbons (Fsp3) is 0.222. The van der Waals surface area contributed by atoms with Crippen LogP contribution in [0.25, 0.3) is 0 Å². The van der Waals surface area contributed by atoms with Gasteiger partial charge in [-0.15, -0.1) is 0 Å². The standard InChI is InChI=1S/C18H17Cl3N2O5S/c1-10-4-5-11(18(25)28-2)6-15(10)22-17(24)9-23(29(3,26)27)16-8-13(20)12(19)7-14(16)21/h4-8H,9H2,1-3H3,(H,22,24). The van der Waals surface area contributed by atoms with Crippen molar-refractivity contribution in [3.8, 4) is 0 Å². The minimum Gasteiger partial charge on any atom is -0.465 e. The number of amides is 1. The first kappa shape index (κ1) is 23.3. The van der Waals surface area contributed by atoms with Crippen molar-refractivity contribution < 1.29 is 22.7 Å². The molecule has 0 spiro atoms. The minimum absolute atomic E-state index is 0.0127. The second-order valence-corrected chi connectivity index (χ2v) is 9.19. The molecule has 2 aromatic carbocycles. The zero-order valence-electron chi connectivity index (χ0n) is 15.6. The van der Waals surface area contributed by atoms with Crippen molar-refractivity contribution in [2.45, 2.75) is 6.92 Å². The van der Waals surface area contributed by atoms with Crippen molar-refractivity contribution in [2.75, 3.05) is 29.5 Å². The second-order valence-electron chi connectivity index (χ2n) is 6.06. The molecule has 11 heteroatoms. The average Bonchev–Trinajstić information content (AvgIpc) is 2.63. The molecule has 1 N–H and O–H groups in total. The summed E-state index contributed by atoms with van der Waals surface area (Å²) in [4.78, 5) is 24.3. The lowest BCUT2D eigenvalue weighted by molar-refractivity contribution is -0.114. The molecule has 0 fully saturated rings. The Morgan fingerprint density at radius 2 is 1.69 bits per heavy atom. The van der Waals surface area contributed by atoms with Gasteiger partial charge in [0.15, 0.2) is 0 Å². The number of methoxy groups -OCH3 is 1. The molecule has 2 aromatic rings. The van der Waals surface area contributed by atoms with Crippen LogP contribution in [0, 0.1) is 6.92 Å². The van der Waals surface area contributed by atoms with Gasteiger partial charge in [-0.2, -0.15) is 0 Å². The smallest absolute Gasteiger partial charge is 0.337 e. The lowest BCUT2D eigenvalue weighted by Gasteiger charge is -2.23. The number of hydrogen-bond acceptors (Lipinski definition) is 5. The summed E-state index contributed by atoms with van der Waals surface area (Å²) < 4.78 is 30.0. The number of carbonyl (C=O) groups is 2. The fourth-order valence-electron chi connectivity index (χ4n) is 2.41. The zero-order chi connectivity index (χ0) is 21.9. The molecule has 0 saturated carbocycles. The number of anilines is 2. The van der Waals surface area contributed by atoms with Crippen LogP contribution >= 0.6 is 34.8 Å². The summed E-state index contributed by atoms with van der Waals surface area (Å²) in [6, 6.07) is 7.18. The van der Waals surface area contributed by atoms with Crippen LogP contribution in [0.1, 0.15) is 15.9 Å². The molecule has 0 atom stereocenters. The summed E-state index contributed by atoms with van der Waals surface area (Å²) in [5, 5.41) is 2.84. The molecule has 0 aliphatic rings. The summed E-state index contributed by atoms with van der Waals surface area (Å²) >= 11 is 18.0. The molecule has 0 bridgehead atoms. The van der Waals surface area contributed by atoms with Gasteiger partial charge in [0.2, 0.25) is 15.9 Å². The highest BCUT2D eigenvalue weighted by Gasteiger charge is 2.24. The van der Waals surface area contributed by atoms with Crippen LogP contribution in [0.2, 0.25) is 15.1 Å². The molecule has 0 radical (unpaired) electrons. The number of carbonyl (C=O) groups excluding carboxylic acids is 2. The first-order valence-electron chi connectivity index (χ1n) is 8.05. The van der Waals surface area contributed by atoms with E-state index in [0.29, 0.717) is 11.3 Å². The molecule has 156 valence electrons. The van der Waals surface area contributed by atoms with Gasteiger partial charge >= 0.3 is 5.97 Å². The van der Waals surface area contributed by atoms with E-state index in [4.69, 9.17) is 34.8 Å². The maximum atomic E-state index is 12.6. The van der Waals surface area contributed by atoms with Gasteiger partial charge in [0.05, 0.1) is 39.7 Å². The average molecular weight is 480 g/mol. The number of aryl methyl sites for hydroxylation is 1. The highest BCUT2D eigenvalue weighted by atomic mass is 35.5. The number of hydrogen-bond donors (Lipinski definition) is 1. The SMILES string of the molecule is COC(=O)c1ccc(C)c(NC(=O)CN(c2cc(Cl)c(Cl)cc2Cl)S(C)(=O)=O)c1. The lowest BCUT2D eigenvalue weighted by atomic mass is 10.1. The van der Waals surface area contributed by atoms with Gasteiger partial charge in [0, 0.05) is 5.69 Å². The van der Waals surface area contributed by atoms with E-state index < -0.39 is 28.4 Å². The van der Waals surface area contributed by atoms with Crippen molar-refractivity contribution in [3.05, 3.63) is 56.5 Å². The Morgan fingerprint density at radius 3 is 2.28 bits per heavy atom. The zero-order valence-corrected chi connectivity index (χ0v) is 18.7. The van der Waals surface area contributed by atoms with Crippen LogP contribution in [0.4, 0.5) is 11.4 Å². The van der Waals surface area contributed by atoms with E-state index in [1.807, 2.05) is 0 Å². The van der Waals surface area contributed by atoms with Gasteiger partial charge in [-0.25, -0.2) is 13.2 Å². The molecule has 1 amide bonds. The Hall–Kier alpha value is -2.00. The molecule has 7 nitrogen and oxygen atoms in total. The molecule has 29 heavy (non-hydrogen) atoms. The first-order valence-corrected chi connectivity index (χ1v) is 11.0. The largest absolute Gasteiger partial charge is 0.465 e. The Balaban J connectivity index is 2.34. The minimum atomic E-state index is -3.88. The van der Waals surface area contributed by atoms with Gasteiger partial charge in [-0.05, 0) is 36.8 Å². The highest BCUT2D eigenvalue weighted by Crippen LogP contribution is 2.35. The van der Waals surface area contributed by atoms with Crippen LogP contribution in [-0.2, 0) is 19.6 Å². The van der Waals surface area contributed by atoms with Crippen molar-refractivity contribution in [1.29, 1.82) is 0 Å². The maximum Gasteiger partial charge on any atom is 0.337 e. The summed E-state index contributed by atoms with van der Waals surface area (Å²) in [7, 11) is -2.64. The number of halogens is 3. The number of benzene rings is 2. The number of ether oxygens (including phenoxy) is 1. The molecule has 0 aromatic heterocycles. The predicted octanol–water partition coefficient (Wildman–Crippen LogP) is 4.15. The predicted molar refractivity (Wildman–Crippen MR) is 115 cm³/mol. The molecular weight excluding hydrogens is 463 g/mol. The van der Waals surface area contributed by atoms with Gasteiger partial charge < -0.3 is 10.1 Å². The van der Waals surface area contributed by atoms with Crippen LogP contribution < -0.4 is 9.62 Å². The third-order valence-corrected chi connectivity index (χ3v) is 6.03. The number of esters is 1. The van der Waals surface area contributed by atoms with E-state index >= 15 is 0 Å². The molecule has 0 unspecified atom stereocenters. The van der Waals surface area contributed by atoms with Crippen molar-refractivity contribution in [2.24, 2.45) is 0 Å². The van der Waals surface area contributed by atoms with Crippen LogP contribution in [-0.4, -0.2) is 40.2 Å². The third kappa shape index (κ3) is 5.76. The fourth-order valence-corrected chi connectivity index (χ4v) is 3.96. The number of nitrogens with zero attached hydrogens (tertiary/aromatic N) is 1. The summed E-state index contributed by atoms with van der Waals surface area (Å²) in [5.74, 6) is -1.22. The summed E-state index contributed by atoms with van der Waals surface area (Å²) in [6.45, 7) is 1.15. The van der Waals surface area contributed by atoms with Crippen LogP contribution in [0.3, 0.4) is 0 Å². The van der Waals surface area contributed by atoms with E-state index in [0.717, 1.165) is 10.6 Å². The lowest BCUT2D eigenvalue weighted by Crippen LogP contribution is -2.37. The Bertz CT molecular complexity index is 1070. The molecule has 0 aliphatic heterocycles. The Labute approximate surface area is 183 Å².